The van der Waals surface area contributed by atoms with Gasteiger partial charge < -0.3 is 35.3 Å². The van der Waals surface area contributed by atoms with Crippen LogP contribution in [-0.4, -0.2) is 77.6 Å². The van der Waals surface area contributed by atoms with Crippen molar-refractivity contribution in [1.82, 2.24) is 16.0 Å². The summed E-state index contributed by atoms with van der Waals surface area (Å²) < 4.78 is 34.1. The number of aldehydes is 1. The van der Waals surface area contributed by atoms with Crippen LogP contribution in [0.25, 0.3) is 0 Å². The molecule has 0 aromatic heterocycles. The maximum absolute atomic E-state index is 12.8. The fourth-order valence-electron chi connectivity index (χ4n) is 2.94. The average Bonchev–Trinajstić information content (AvgIpc) is 2.66. The maximum atomic E-state index is 12.8. The van der Waals surface area contributed by atoms with Crippen LogP contribution < -0.4 is 32.4 Å². The predicted octanol–water partition coefficient (Wildman–Crippen LogP) is -4.28. The van der Waals surface area contributed by atoms with Gasteiger partial charge in [-0.3, -0.25) is 39.3 Å². The Labute approximate surface area is 212 Å². The van der Waals surface area contributed by atoms with Crippen LogP contribution in [0.5, 0.6) is 0 Å². The van der Waals surface area contributed by atoms with Crippen molar-refractivity contribution in [3.05, 3.63) is 0 Å². The molecule has 15 nitrogen and oxygen atoms in total. The molecule has 0 saturated heterocycles. The summed E-state index contributed by atoms with van der Waals surface area (Å²) in [6.45, 7) is 9.58. The van der Waals surface area contributed by atoms with E-state index in [0.717, 1.165) is 0 Å². The van der Waals surface area contributed by atoms with Gasteiger partial charge in [-0.25, -0.2) is 0 Å². The Balaban J connectivity index is -0.00000164. The fourth-order valence-corrected chi connectivity index (χ4v) is 2.94. The number of rotatable bonds is 14. The molecule has 0 fully saturated rings. The molecule has 3 atom stereocenters. The van der Waals surface area contributed by atoms with Gasteiger partial charge in [0.05, 0.1) is 12.6 Å². The number of nitrogens with two attached hydrogens (primary N) is 2. The highest BCUT2D eigenvalue weighted by Gasteiger charge is 2.28. The predicted molar refractivity (Wildman–Crippen MR) is 129 cm³/mol. The number of carbonyl (C=O) groups is 4. The minimum atomic E-state index is -5.17. The largest absolute Gasteiger partial charge is 0.759 e. The molecule has 0 spiro atoms. The summed E-state index contributed by atoms with van der Waals surface area (Å²) in [4.78, 5) is 51.1. The molecule has 0 aliphatic rings. The van der Waals surface area contributed by atoms with E-state index in [0.29, 0.717) is 38.5 Å². The van der Waals surface area contributed by atoms with Gasteiger partial charge in [0.2, 0.25) is 17.7 Å². The van der Waals surface area contributed by atoms with Crippen molar-refractivity contribution < 1.29 is 47.2 Å². The van der Waals surface area contributed by atoms with Crippen LogP contribution in [0.4, 0.5) is 0 Å². The molecule has 36 heavy (non-hydrogen) atoms. The third kappa shape index (κ3) is 24.3. The molecule has 0 saturated carbocycles. The molecule has 0 rings (SSSR count). The van der Waals surface area contributed by atoms with Gasteiger partial charge in [-0.15, -0.1) is 0 Å². The van der Waals surface area contributed by atoms with Gasteiger partial charge in [0.15, 0.2) is 0 Å². The molecule has 0 heterocycles. The lowest BCUT2D eigenvalue weighted by Crippen LogP contribution is -2.78. The van der Waals surface area contributed by atoms with Crippen molar-refractivity contribution in [2.24, 2.45) is 23.3 Å². The summed E-state index contributed by atoms with van der Waals surface area (Å²) in [5, 5.41) is 8.06. The Kier molecular flexibility index (Phi) is 20.3. The first-order chi connectivity index (χ1) is 16.0. The molecule has 3 amide bonds. The van der Waals surface area contributed by atoms with Crippen LogP contribution in [0.15, 0.2) is 0 Å². The number of amides is 3. The summed E-state index contributed by atoms with van der Waals surface area (Å²) in [6, 6.07) is -2.22. The summed E-state index contributed by atoms with van der Waals surface area (Å²) in [5.74, 6) is -0.758. The Morgan fingerprint density at radius 1 is 0.917 bits per heavy atom. The van der Waals surface area contributed by atoms with Gasteiger partial charge in [0.25, 0.3) is 0 Å². The first-order valence-corrected chi connectivity index (χ1v) is 12.4. The van der Waals surface area contributed by atoms with Gasteiger partial charge in [0, 0.05) is 17.3 Å². The molecule has 10 N–H and O–H groups in total. The number of hydrogen-bond acceptors (Lipinski definition) is 8. The molecule has 0 radical (unpaired) electrons. The van der Waals surface area contributed by atoms with Crippen LogP contribution in [0, 0.1) is 11.8 Å². The van der Waals surface area contributed by atoms with Crippen molar-refractivity contribution in [1.29, 1.82) is 0 Å². The fraction of sp³-hybridized carbons (Fsp3) is 0.750. The number of guanidine groups is 1. The Hall–Kier alpha value is -2.82. The summed E-state index contributed by atoms with van der Waals surface area (Å²) in [5.41, 5.74) is 10.6. The van der Waals surface area contributed by atoms with E-state index in [9.17, 15) is 19.2 Å². The van der Waals surface area contributed by atoms with Crippen LogP contribution >= 0.6 is 0 Å². The molecule has 3 unspecified atom stereocenters. The Bertz CT molecular complexity index is 806. The second kappa shape index (κ2) is 19.4. The molecule has 0 aliphatic carbocycles. The number of carbonyl (C=O) groups excluding carboxylic acids is 4. The van der Waals surface area contributed by atoms with Crippen molar-refractivity contribution in [3.8, 4) is 0 Å². The summed E-state index contributed by atoms with van der Waals surface area (Å²) in [6.07, 6.45) is 2.49. The zero-order valence-electron chi connectivity index (χ0n) is 21.3. The molecule has 16 heteroatoms. The first kappa shape index (κ1) is 37.7. The van der Waals surface area contributed by atoms with E-state index in [-0.39, 0.29) is 29.2 Å². The molecular formula is C20H41N6O9S-. The Morgan fingerprint density at radius 2 is 1.33 bits per heavy atom. The van der Waals surface area contributed by atoms with E-state index in [1.54, 1.807) is 0 Å². The molecule has 0 aromatic rings. The van der Waals surface area contributed by atoms with Gasteiger partial charge in [0.1, 0.15) is 18.4 Å². The first-order valence-electron chi connectivity index (χ1n) is 11.1. The molecular weight excluding hydrogens is 500 g/mol. The molecule has 0 aromatic carbocycles. The van der Waals surface area contributed by atoms with Crippen LogP contribution in [0.2, 0.25) is 0 Å². The van der Waals surface area contributed by atoms with E-state index in [2.05, 4.69) is 20.9 Å². The SMILES string of the molecule is CC(=O)NC(CC(C)C)C(=O)NC(CC(C)C)C(=O)NC(C=O)CCC[NH+]=C(N)N.O.O=S(=O)([O-])[O-]. The maximum Gasteiger partial charge on any atom is 0.338 e. The lowest BCUT2D eigenvalue weighted by atomic mass is 9.99. The van der Waals surface area contributed by atoms with Crippen molar-refractivity contribution in [3.63, 3.8) is 0 Å². The highest BCUT2D eigenvalue weighted by atomic mass is 32.3. The lowest BCUT2D eigenvalue weighted by Gasteiger charge is -2.25. The van der Waals surface area contributed by atoms with E-state index in [1.165, 1.54) is 6.92 Å². The van der Waals surface area contributed by atoms with Gasteiger partial charge in [-0.1, -0.05) is 27.7 Å². The Morgan fingerprint density at radius 3 is 1.69 bits per heavy atom. The zero-order valence-corrected chi connectivity index (χ0v) is 22.1. The highest BCUT2D eigenvalue weighted by Crippen LogP contribution is 2.09. The quantitative estimate of drug-likeness (QED) is 0.0307. The van der Waals surface area contributed by atoms with Gasteiger partial charge in [-0.05, 0) is 37.5 Å². The van der Waals surface area contributed by atoms with E-state index < -0.39 is 40.3 Å². The number of hydrogen-bond donors (Lipinski definition) is 6. The molecule has 0 bridgehead atoms. The van der Waals surface area contributed by atoms with Crippen LogP contribution in [-0.2, 0) is 29.6 Å². The standard InChI is InChI=1S/C20H38N6O4.H2O4S.H2O/c1-12(2)9-16(24-14(5)28)19(30)26-17(10-13(3)4)18(29)25-15(11-27)7-6-8-23-20(21)22;1-5(2,3)4;/h11-13,15-17H,6-10H2,1-5H3,(H,24,28)(H,25,29)(H,26,30)(H4,21,22,23);(H2,1,2,3,4);1H2/p-1. The topological polar surface area (TPSA) is 282 Å². The molecule has 212 valence electrons. The van der Waals surface area contributed by atoms with Gasteiger partial charge in [-0.2, -0.15) is 0 Å². The van der Waals surface area contributed by atoms with Crippen molar-refractivity contribution >= 4 is 40.4 Å². The highest BCUT2D eigenvalue weighted by molar-refractivity contribution is 7.79. The van der Waals surface area contributed by atoms with E-state index >= 15 is 0 Å². The summed E-state index contributed by atoms with van der Waals surface area (Å²) >= 11 is 0. The minimum Gasteiger partial charge on any atom is -0.759 e. The van der Waals surface area contributed by atoms with Gasteiger partial charge >= 0.3 is 5.96 Å². The van der Waals surface area contributed by atoms with Crippen molar-refractivity contribution in [2.45, 2.75) is 78.4 Å². The average molecular weight is 542 g/mol. The monoisotopic (exact) mass is 541 g/mol. The van der Waals surface area contributed by atoms with E-state index in [4.69, 9.17) is 29.0 Å². The smallest absolute Gasteiger partial charge is 0.338 e. The van der Waals surface area contributed by atoms with E-state index in [1.807, 2.05) is 27.7 Å². The normalized spacial score (nSPS) is 13.1. The minimum absolute atomic E-state index is 0. The lowest BCUT2D eigenvalue weighted by molar-refractivity contribution is -0.459. The van der Waals surface area contributed by atoms with Crippen molar-refractivity contribution in [2.75, 3.05) is 6.54 Å². The van der Waals surface area contributed by atoms with Crippen LogP contribution in [0.3, 0.4) is 0 Å². The third-order valence-corrected chi connectivity index (χ3v) is 4.25. The number of nitrogens with one attached hydrogen (secondary N) is 4. The second-order valence-corrected chi connectivity index (χ2v) is 9.57. The zero-order chi connectivity index (χ0) is 27.8. The second-order valence-electron chi connectivity index (χ2n) is 8.76. The summed E-state index contributed by atoms with van der Waals surface area (Å²) in [7, 11) is -5.17. The van der Waals surface area contributed by atoms with Crippen LogP contribution in [0.1, 0.15) is 60.3 Å². The molecule has 0 aliphatic heterocycles. The third-order valence-electron chi connectivity index (χ3n) is 4.25.